The van der Waals surface area contributed by atoms with Crippen LogP contribution >= 0.6 is 0 Å². The Hall–Kier alpha value is -1.63. The van der Waals surface area contributed by atoms with Crippen molar-refractivity contribution in [3.8, 4) is 11.8 Å². The molecule has 0 heterocycles. The lowest BCUT2D eigenvalue weighted by molar-refractivity contribution is -0.137. The maximum absolute atomic E-state index is 11.9. The summed E-state index contributed by atoms with van der Waals surface area (Å²) in [5.74, 6) is 4.43. The van der Waals surface area contributed by atoms with E-state index >= 15 is 0 Å². The first-order valence-electron chi connectivity index (χ1n) is 10.5. The third-order valence-electron chi connectivity index (χ3n) is 4.57. The van der Waals surface area contributed by atoms with E-state index in [1.807, 2.05) is 0 Å². The van der Waals surface area contributed by atoms with Crippen LogP contribution in [0.4, 0.5) is 0 Å². The van der Waals surface area contributed by atoms with Crippen molar-refractivity contribution < 1.29 is 28.2 Å². The molecule has 0 unspecified atom stereocenters. The molecule has 0 spiro atoms. The fourth-order valence-corrected chi connectivity index (χ4v) is 3.46. The Morgan fingerprint density at radius 1 is 1.03 bits per heavy atom. The van der Waals surface area contributed by atoms with E-state index in [-0.39, 0.29) is 43.5 Å². The Bertz CT molecular complexity index is 679. The Morgan fingerprint density at radius 3 is 2.37 bits per heavy atom. The smallest absolute Gasteiger partial charge is 0.249 e. The van der Waals surface area contributed by atoms with Crippen molar-refractivity contribution in [3.05, 3.63) is 0 Å². The molecule has 9 heteroatoms. The minimum atomic E-state index is -3.26. The van der Waals surface area contributed by atoms with Gasteiger partial charge in [0.1, 0.15) is 11.9 Å². The molecule has 0 rings (SSSR count). The number of nitrogens with one attached hydrogen (secondary N) is 2. The summed E-state index contributed by atoms with van der Waals surface area (Å²) in [4.78, 5) is 23.5. The number of carbonyl (C=O) groups excluding carboxylic acids is 2. The maximum atomic E-state index is 11.9. The van der Waals surface area contributed by atoms with Crippen molar-refractivity contribution >= 4 is 21.7 Å². The lowest BCUT2D eigenvalue weighted by atomic mass is 9.87. The molecule has 0 fully saturated rings. The minimum absolute atomic E-state index is 0.00820. The van der Waals surface area contributed by atoms with Crippen LogP contribution < -0.4 is 10.6 Å². The topological polar surface area (TPSA) is 133 Å². The largest absolute Gasteiger partial charge is 0.396 e. The molecule has 1 atom stereocenters. The first-order valence-corrected chi connectivity index (χ1v) is 12.4. The highest BCUT2D eigenvalue weighted by molar-refractivity contribution is 7.91. The second-order valence-corrected chi connectivity index (χ2v) is 10.2. The van der Waals surface area contributed by atoms with E-state index in [9.17, 15) is 23.1 Å². The van der Waals surface area contributed by atoms with Crippen LogP contribution in [0.1, 0.15) is 65.7 Å². The van der Waals surface area contributed by atoms with Crippen LogP contribution in [0.3, 0.4) is 0 Å². The van der Waals surface area contributed by atoms with Gasteiger partial charge in [0.15, 0.2) is 9.84 Å². The summed E-state index contributed by atoms with van der Waals surface area (Å²) in [5.41, 5.74) is -0.975. The van der Waals surface area contributed by atoms with Crippen LogP contribution in [-0.2, 0) is 19.4 Å². The Kier molecular flexibility index (Phi) is 14.4. The Morgan fingerprint density at radius 2 is 1.73 bits per heavy atom. The van der Waals surface area contributed by atoms with Crippen molar-refractivity contribution in [1.82, 2.24) is 10.6 Å². The van der Waals surface area contributed by atoms with E-state index in [0.29, 0.717) is 6.42 Å². The molecular formula is C21H38N2O6S. The number of hydrogen-bond acceptors (Lipinski definition) is 6. The van der Waals surface area contributed by atoms with Gasteiger partial charge in [0.2, 0.25) is 11.8 Å². The maximum Gasteiger partial charge on any atom is 0.249 e. The number of amides is 2. The lowest BCUT2D eigenvalue weighted by Gasteiger charge is -2.27. The van der Waals surface area contributed by atoms with Gasteiger partial charge in [-0.3, -0.25) is 9.59 Å². The number of carbonyl (C=O) groups is 2. The molecule has 0 aliphatic heterocycles. The standard InChI is InChI=1S/C21H38N2O6S/c1-4-5-6-7-8-9-10-15-30(28,29)16-11-13-22-18(25)12-14-23-20(27)19(26)21(2,3)17-24/h19,24,26H,4-8,11-17H2,1-3H3,(H,22,25)(H,23,27)/t19-/m0/s1. The molecule has 8 nitrogen and oxygen atoms in total. The van der Waals surface area contributed by atoms with E-state index in [1.54, 1.807) is 13.8 Å². The zero-order valence-electron chi connectivity index (χ0n) is 18.5. The molecule has 0 aromatic heterocycles. The van der Waals surface area contributed by atoms with Crippen molar-refractivity contribution in [2.45, 2.75) is 71.8 Å². The van der Waals surface area contributed by atoms with E-state index in [0.717, 1.165) is 25.7 Å². The van der Waals surface area contributed by atoms with E-state index in [4.69, 9.17) is 5.11 Å². The highest BCUT2D eigenvalue weighted by atomic mass is 32.2. The summed E-state index contributed by atoms with van der Waals surface area (Å²) < 4.78 is 23.8. The second kappa shape index (κ2) is 15.2. The Balaban J connectivity index is 3.96. The molecule has 4 N–H and O–H groups in total. The van der Waals surface area contributed by atoms with Crippen LogP contribution in [0.5, 0.6) is 0 Å². The monoisotopic (exact) mass is 446 g/mol. The third kappa shape index (κ3) is 13.6. The van der Waals surface area contributed by atoms with Crippen molar-refractivity contribution in [1.29, 1.82) is 0 Å². The van der Waals surface area contributed by atoms with Gasteiger partial charge in [0, 0.05) is 31.3 Å². The van der Waals surface area contributed by atoms with Crippen LogP contribution in [0.25, 0.3) is 0 Å². The van der Waals surface area contributed by atoms with E-state index in [2.05, 4.69) is 29.4 Å². The first kappa shape index (κ1) is 28.4. The zero-order valence-corrected chi connectivity index (χ0v) is 19.3. The fraction of sp³-hybridized carbons (Fsp3) is 0.810. The van der Waals surface area contributed by atoms with Gasteiger partial charge in [-0.25, -0.2) is 8.42 Å². The SMILES string of the molecule is CCCCCCC#CCS(=O)(=O)CCCNC(=O)CCNC(=O)[C@H](O)C(C)(C)CO. The number of sulfone groups is 1. The average molecular weight is 447 g/mol. The van der Waals surface area contributed by atoms with Gasteiger partial charge in [-0.05, 0) is 12.8 Å². The highest BCUT2D eigenvalue weighted by Crippen LogP contribution is 2.19. The first-order chi connectivity index (χ1) is 14.1. The van der Waals surface area contributed by atoms with Crippen LogP contribution in [0, 0.1) is 17.3 Å². The summed E-state index contributed by atoms with van der Waals surface area (Å²) in [6.07, 6.45) is 4.07. The summed E-state index contributed by atoms with van der Waals surface area (Å²) >= 11 is 0. The van der Waals surface area contributed by atoms with Gasteiger partial charge in [-0.1, -0.05) is 46.0 Å². The number of aliphatic hydroxyl groups is 2. The van der Waals surface area contributed by atoms with Gasteiger partial charge in [0.05, 0.1) is 12.4 Å². The molecule has 0 radical (unpaired) electrons. The number of aliphatic hydroxyl groups excluding tert-OH is 2. The summed E-state index contributed by atoms with van der Waals surface area (Å²) in [6.45, 7) is 5.14. The summed E-state index contributed by atoms with van der Waals surface area (Å²) in [7, 11) is -3.26. The molecule has 0 saturated carbocycles. The lowest BCUT2D eigenvalue weighted by Crippen LogP contribution is -2.46. The van der Waals surface area contributed by atoms with Crippen molar-refractivity contribution in [3.63, 3.8) is 0 Å². The van der Waals surface area contributed by atoms with Crippen molar-refractivity contribution in [2.75, 3.05) is 31.2 Å². The molecule has 0 saturated heterocycles. The molecule has 30 heavy (non-hydrogen) atoms. The number of unbranched alkanes of at least 4 members (excludes halogenated alkanes) is 4. The molecule has 174 valence electrons. The summed E-state index contributed by atoms with van der Waals surface area (Å²) in [5, 5.41) is 24.0. The molecule has 0 aliphatic rings. The second-order valence-electron chi connectivity index (χ2n) is 8.05. The van der Waals surface area contributed by atoms with Gasteiger partial charge in [-0.2, -0.15) is 0 Å². The summed E-state index contributed by atoms with van der Waals surface area (Å²) in [6, 6.07) is 0. The number of rotatable bonds is 15. The van der Waals surface area contributed by atoms with Gasteiger partial charge in [0.25, 0.3) is 0 Å². The molecule has 0 aliphatic carbocycles. The number of hydrogen-bond donors (Lipinski definition) is 4. The average Bonchev–Trinajstić information content (AvgIpc) is 2.69. The Labute approximate surface area is 181 Å². The van der Waals surface area contributed by atoms with Crippen molar-refractivity contribution in [2.24, 2.45) is 5.41 Å². The molecule has 0 bridgehead atoms. The molecule has 0 aromatic rings. The quantitative estimate of drug-likeness (QED) is 0.217. The van der Waals surface area contributed by atoms with E-state index < -0.39 is 27.3 Å². The predicted octanol–water partition coefficient (Wildman–Crippen LogP) is 0.767. The van der Waals surface area contributed by atoms with Gasteiger partial charge in [-0.15, -0.1) is 5.92 Å². The van der Waals surface area contributed by atoms with Crippen LogP contribution in [0.15, 0.2) is 0 Å². The molecule has 0 aromatic carbocycles. The third-order valence-corrected chi connectivity index (χ3v) is 6.07. The van der Waals surface area contributed by atoms with Crippen LogP contribution in [-0.4, -0.2) is 67.8 Å². The van der Waals surface area contributed by atoms with Gasteiger partial charge < -0.3 is 20.8 Å². The normalized spacial score (nSPS) is 12.6. The van der Waals surface area contributed by atoms with Crippen LogP contribution in [0.2, 0.25) is 0 Å². The highest BCUT2D eigenvalue weighted by Gasteiger charge is 2.32. The molecule has 2 amide bonds. The molecular weight excluding hydrogens is 408 g/mol. The van der Waals surface area contributed by atoms with Gasteiger partial charge >= 0.3 is 0 Å². The fourth-order valence-electron chi connectivity index (χ4n) is 2.41. The zero-order chi connectivity index (χ0) is 23.0. The minimum Gasteiger partial charge on any atom is -0.396 e. The predicted molar refractivity (Wildman–Crippen MR) is 117 cm³/mol. The van der Waals surface area contributed by atoms with E-state index in [1.165, 1.54) is 6.42 Å².